The molecule has 1 saturated carbocycles. The topological polar surface area (TPSA) is 27.0 Å². The summed E-state index contributed by atoms with van der Waals surface area (Å²) in [5.41, 5.74) is 2.91. The molecule has 0 aromatic heterocycles. The smallest absolute Gasteiger partial charge is 0.298 e. The molecule has 2 nitrogen and oxygen atoms in total. The molecule has 0 bridgehead atoms. The van der Waals surface area contributed by atoms with Gasteiger partial charge in [0, 0.05) is 25.6 Å². The molecule has 3 rings (SSSR count). The van der Waals surface area contributed by atoms with Crippen molar-refractivity contribution in [2.45, 2.75) is 90.2 Å². The minimum absolute atomic E-state index is 0.341. The molecule has 0 saturated heterocycles. The van der Waals surface area contributed by atoms with Crippen molar-refractivity contribution in [3.05, 3.63) is 71.3 Å². The quantitative estimate of drug-likeness (QED) is 0.298. The molecule has 210 valence electrons. The van der Waals surface area contributed by atoms with Crippen LogP contribution in [0.4, 0.5) is 26.3 Å². The molecular formula is C30H38F6N2. The Morgan fingerprint density at radius 1 is 0.816 bits per heavy atom. The summed E-state index contributed by atoms with van der Waals surface area (Å²) >= 11 is 0. The van der Waals surface area contributed by atoms with Crippen molar-refractivity contribution < 1.29 is 26.3 Å². The lowest BCUT2D eigenvalue weighted by molar-refractivity contribution is -0.245. The van der Waals surface area contributed by atoms with Gasteiger partial charge in [0.15, 0.2) is 0 Å². The highest BCUT2D eigenvalue weighted by atomic mass is 19.4. The van der Waals surface area contributed by atoms with Gasteiger partial charge >= 0.3 is 12.4 Å². The summed E-state index contributed by atoms with van der Waals surface area (Å²) in [5.74, 6) is -5.38. The third kappa shape index (κ3) is 9.34. The number of halogens is 6. The highest BCUT2D eigenvalue weighted by Crippen LogP contribution is 2.54. The summed E-state index contributed by atoms with van der Waals surface area (Å²) < 4.78 is 79.4. The van der Waals surface area contributed by atoms with Gasteiger partial charge < -0.3 is 0 Å². The Balaban J connectivity index is 0.00000161. The van der Waals surface area contributed by atoms with E-state index in [2.05, 4.69) is 37.8 Å². The fourth-order valence-electron chi connectivity index (χ4n) is 5.42. The van der Waals surface area contributed by atoms with Gasteiger partial charge in [-0.3, -0.25) is 4.90 Å². The van der Waals surface area contributed by atoms with Crippen LogP contribution in [0.15, 0.2) is 54.6 Å². The second kappa shape index (κ2) is 14.0. The first-order chi connectivity index (χ1) is 17.8. The standard InChI is InChI=1S/C28H35F6N.C2H3N/c1-19(2)35(16-15-21-7-5-4-6-8-21)20(3)9-10-22-11-13-23(14-12-22)24-17-25(27(29,30)31)26(18-24)28(32,33)34;1-2-3/h4-8,11-14,19-20,24-26H,9-10,15-18H2,1-3H3;1H3. The third-order valence-corrected chi connectivity index (χ3v) is 7.44. The number of aryl methyl sites for hydroxylation is 1. The molecule has 0 radical (unpaired) electrons. The molecule has 1 fully saturated rings. The van der Waals surface area contributed by atoms with Crippen LogP contribution in [0.5, 0.6) is 0 Å². The fourth-order valence-corrected chi connectivity index (χ4v) is 5.42. The van der Waals surface area contributed by atoms with Crippen molar-refractivity contribution in [2.75, 3.05) is 6.54 Å². The van der Waals surface area contributed by atoms with E-state index in [0.29, 0.717) is 17.6 Å². The fraction of sp³-hybridized carbons (Fsp3) is 0.567. The zero-order chi connectivity index (χ0) is 28.5. The second-order valence-electron chi connectivity index (χ2n) is 10.4. The summed E-state index contributed by atoms with van der Waals surface area (Å²) in [5, 5.41) is 7.32. The molecule has 3 unspecified atom stereocenters. The average Bonchev–Trinajstić information content (AvgIpc) is 3.31. The molecule has 2 aromatic carbocycles. The van der Waals surface area contributed by atoms with E-state index in [0.717, 1.165) is 31.4 Å². The first-order valence-electron chi connectivity index (χ1n) is 13.1. The number of alkyl halides is 6. The van der Waals surface area contributed by atoms with Crippen LogP contribution in [-0.4, -0.2) is 35.9 Å². The third-order valence-electron chi connectivity index (χ3n) is 7.44. The summed E-state index contributed by atoms with van der Waals surface area (Å²) in [6, 6.07) is 20.0. The Bertz CT molecular complexity index is 971. The van der Waals surface area contributed by atoms with Crippen molar-refractivity contribution in [1.82, 2.24) is 4.90 Å². The summed E-state index contributed by atoms with van der Waals surface area (Å²) in [7, 11) is 0. The molecule has 0 spiro atoms. The molecule has 2 aromatic rings. The number of benzene rings is 2. The summed E-state index contributed by atoms with van der Waals surface area (Å²) in [6.45, 7) is 8.94. The first-order valence-corrected chi connectivity index (χ1v) is 13.1. The van der Waals surface area contributed by atoms with Crippen LogP contribution in [-0.2, 0) is 12.8 Å². The van der Waals surface area contributed by atoms with Gasteiger partial charge in [0.25, 0.3) is 0 Å². The van der Waals surface area contributed by atoms with E-state index in [-0.39, 0.29) is 0 Å². The van der Waals surface area contributed by atoms with Crippen molar-refractivity contribution in [2.24, 2.45) is 11.8 Å². The van der Waals surface area contributed by atoms with Crippen molar-refractivity contribution >= 4 is 0 Å². The Kier molecular flexibility index (Phi) is 11.7. The number of hydrogen-bond donors (Lipinski definition) is 0. The van der Waals surface area contributed by atoms with E-state index >= 15 is 0 Å². The molecule has 38 heavy (non-hydrogen) atoms. The normalized spacial score (nSPS) is 20.7. The van der Waals surface area contributed by atoms with Gasteiger partial charge in [0.05, 0.1) is 17.9 Å². The van der Waals surface area contributed by atoms with E-state index in [1.807, 2.05) is 30.3 Å². The van der Waals surface area contributed by atoms with Crippen LogP contribution in [0.2, 0.25) is 0 Å². The van der Waals surface area contributed by atoms with Crippen molar-refractivity contribution in [3.8, 4) is 6.07 Å². The largest absolute Gasteiger partial charge is 0.392 e. The molecule has 0 N–H and O–H groups in total. The lowest BCUT2D eigenvalue weighted by Gasteiger charge is -2.33. The zero-order valence-electron chi connectivity index (χ0n) is 22.5. The maximum atomic E-state index is 13.2. The Labute approximate surface area is 222 Å². The summed E-state index contributed by atoms with van der Waals surface area (Å²) in [4.78, 5) is 2.47. The number of nitriles is 1. The van der Waals surface area contributed by atoms with Crippen LogP contribution in [0.3, 0.4) is 0 Å². The SMILES string of the molecule is CC#N.CC(C)N(CCc1ccccc1)C(C)CCc1ccc(C2CC(C(F)(F)F)C(C(F)(F)F)C2)cc1. The maximum Gasteiger partial charge on any atom is 0.392 e. The molecule has 0 aliphatic heterocycles. The second-order valence-corrected chi connectivity index (χ2v) is 10.4. The zero-order valence-corrected chi connectivity index (χ0v) is 22.5. The Morgan fingerprint density at radius 2 is 1.29 bits per heavy atom. The van der Waals surface area contributed by atoms with Gasteiger partial charge in [-0.25, -0.2) is 0 Å². The molecule has 0 heterocycles. The molecule has 8 heteroatoms. The Hall–Kier alpha value is -2.53. The number of nitrogens with zero attached hydrogens (tertiary/aromatic N) is 2. The van der Waals surface area contributed by atoms with Gasteiger partial charge in [0.1, 0.15) is 0 Å². The maximum absolute atomic E-state index is 13.2. The van der Waals surface area contributed by atoms with E-state index in [4.69, 9.17) is 5.26 Å². The van der Waals surface area contributed by atoms with Crippen LogP contribution >= 0.6 is 0 Å². The predicted molar refractivity (Wildman–Crippen MR) is 139 cm³/mol. The summed E-state index contributed by atoms with van der Waals surface area (Å²) in [6.07, 6.45) is -8.00. The Morgan fingerprint density at radius 3 is 1.74 bits per heavy atom. The lowest BCUT2D eigenvalue weighted by atomic mass is 9.94. The van der Waals surface area contributed by atoms with E-state index < -0.39 is 42.9 Å². The van der Waals surface area contributed by atoms with Crippen LogP contribution < -0.4 is 0 Å². The highest BCUT2D eigenvalue weighted by Gasteiger charge is 2.59. The van der Waals surface area contributed by atoms with E-state index in [1.54, 1.807) is 18.2 Å². The molecule has 1 aliphatic carbocycles. The van der Waals surface area contributed by atoms with Crippen LogP contribution in [0, 0.1) is 23.2 Å². The van der Waals surface area contributed by atoms with Crippen molar-refractivity contribution in [1.29, 1.82) is 5.26 Å². The predicted octanol–water partition coefficient (Wildman–Crippen LogP) is 8.73. The number of hydrogen-bond acceptors (Lipinski definition) is 2. The molecule has 0 amide bonds. The van der Waals surface area contributed by atoms with Gasteiger partial charge in [-0.2, -0.15) is 31.6 Å². The highest BCUT2D eigenvalue weighted by molar-refractivity contribution is 5.27. The van der Waals surface area contributed by atoms with E-state index in [9.17, 15) is 26.3 Å². The minimum atomic E-state index is -4.84. The molecular weight excluding hydrogens is 502 g/mol. The lowest BCUT2D eigenvalue weighted by Crippen LogP contribution is -2.40. The molecule has 3 atom stereocenters. The minimum Gasteiger partial charge on any atom is -0.298 e. The van der Waals surface area contributed by atoms with Gasteiger partial charge in [-0.15, -0.1) is 0 Å². The van der Waals surface area contributed by atoms with Gasteiger partial charge in [-0.05, 0) is 75.5 Å². The van der Waals surface area contributed by atoms with Gasteiger partial charge in [-0.1, -0.05) is 54.6 Å². The van der Waals surface area contributed by atoms with Gasteiger partial charge in [0.2, 0.25) is 0 Å². The first kappa shape index (κ1) is 31.7. The van der Waals surface area contributed by atoms with Crippen molar-refractivity contribution in [3.63, 3.8) is 0 Å². The monoisotopic (exact) mass is 540 g/mol. The van der Waals surface area contributed by atoms with Crippen LogP contribution in [0.25, 0.3) is 0 Å². The number of rotatable bonds is 9. The molecule has 1 aliphatic rings. The average molecular weight is 541 g/mol. The van der Waals surface area contributed by atoms with Crippen LogP contribution in [0.1, 0.15) is 69.6 Å². The van der Waals surface area contributed by atoms with E-state index in [1.165, 1.54) is 12.5 Å².